The van der Waals surface area contributed by atoms with Crippen molar-refractivity contribution in [2.75, 3.05) is 32.8 Å². The lowest BCUT2D eigenvalue weighted by Crippen LogP contribution is -2.52. The largest absolute Gasteiger partial charge is 0.492 e. The van der Waals surface area contributed by atoms with Crippen LogP contribution in [-0.4, -0.2) is 56.3 Å². The minimum Gasteiger partial charge on any atom is -0.492 e. The number of hydrogen-bond donors (Lipinski definition) is 0. The van der Waals surface area contributed by atoms with Gasteiger partial charge in [0.25, 0.3) is 0 Å². The summed E-state index contributed by atoms with van der Waals surface area (Å²) >= 11 is 9.37. The van der Waals surface area contributed by atoms with E-state index in [2.05, 4.69) is 15.9 Å². The standard InChI is InChI=1S/C20H20BrClN2O4S/c21-16-1-4-18(5-2-16)29(26,27)24-9-7-23(8-10-24)20(25)15-11-14-12-17(22)3-6-19(14)28-13-15/h1-6,12,15H,7-11,13H2/t15-/m1/s1. The highest BCUT2D eigenvalue weighted by molar-refractivity contribution is 9.10. The van der Waals surface area contributed by atoms with Crippen LogP contribution in [0, 0.1) is 5.92 Å². The van der Waals surface area contributed by atoms with Gasteiger partial charge in [-0.15, -0.1) is 0 Å². The molecule has 2 aromatic carbocycles. The Morgan fingerprint density at radius 3 is 2.45 bits per heavy atom. The van der Waals surface area contributed by atoms with Crippen LogP contribution in [0.3, 0.4) is 0 Å². The molecule has 0 N–H and O–H groups in total. The number of amides is 1. The summed E-state index contributed by atoms with van der Waals surface area (Å²) in [6.45, 7) is 1.62. The van der Waals surface area contributed by atoms with Gasteiger partial charge in [-0.2, -0.15) is 4.31 Å². The first kappa shape index (κ1) is 20.7. The summed E-state index contributed by atoms with van der Waals surface area (Å²) in [4.78, 5) is 14.9. The second kappa shape index (κ2) is 8.26. The van der Waals surface area contributed by atoms with Crippen LogP contribution in [0.25, 0.3) is 0 Å². The summed E-state index contributed by atoms with van der Waals surface area (Å²) in [6.07, 6.45) is 0.576. The molecule has 2 aliphatic heterocycles. The van der Waals surface area contributed by atoms with Crippen LogP contribution in [0.2, 0.25) is 5.02 Å². The molecule has 2 heterocycles. The van der Waals surface area contributed by atoms with E-state index in [1.54, 1.807) is 35.2 Å². The fraction of sp³-hybridized carbons (Fsp3) is 0.350. The van der Waals surface area contributed by atoms with Gasteiger partial charge in [-0.05, 0) is 54.4 Å². The number of sulfonamides is 1. The van der Waals surface area contributed by atoms with Crippen molar-refractivity contribution in [3.63, 3.8) is 0 Å². The predicted molar refractivity (Wildman–Crippen MR) is 114 cm³/mol. The molecule has 0 aliphatic carbocycles. The molecule has 1 saturated heterocycles. The highest BCUT2D eigenvalue weighted by atomic mass is 79.9. The lowest BCUT2D eigenvalue weighted by atomic mass is 9.95. The molecule has 0 unspecified atom stereocenters. The van der Waals surface area contributed by atoms with Crippen molar-refractivity contribution < 1.29 is 17.9 Å². The number of piperazine rings is 1. The molecule has 0 bridgehead atoms. The van der Waals surface area contributed by atoms with Gasteiger partial charge in [-0.1, -0.05) is 27.5 Å². The van der Waals surface area contributed by atoms with E-state index in [0.29, 0.717) is 31.1 Å². The third-order valence-corrected chi connectivity index (χ3v) is 7.96. The second-order valence-electron chi connectivity index (χ2n) is 7.15. The van der Waals surface area contributed by atoms with Crippen LogP contribution in [0.1, 0.15) is 5.56 Å². The molecule has 0 spiro atoms. The van der Waals surface area contributed by atoms with Crippen LogP contribution in [-0.2, 0) is 21.2 Å². The van der Waals surface area contributed by atoms with Crippen LogP contribution in [0.15, 0.2) is 51.8 Å². The average Bonchev–Trinajstić information content (AvgIpc) is 2.73. The van der Waals surface area contributed by atoms with Crippen molar-refractivity contribution in [2.24, 2.45) is 5.92 Å². The van der Waals surface area contributed by atoms with E-state index in [4.69, 9.17) is 16.3 Å². The van der Waals surface area contributed by atoms with E-state index in [-0.39, 0.29) is 29.8 Å². The number of benzene rings is 2. The molecule has 1 amide bonds. The van der Waals surface area contributed by atoms with Gasteiger partial charge in [0.15, 0.2) is 0 Å². The lowest BCUT2D eigenvalue weighted by molar-refractivity contribution is -0.138. The van der Waals surface area contributed by atoms with E-state index >= 15 is 0 Å². The maximum Gasteiger partial charge on any atom is 0.243 e. The van der Waals surface area contributed by atoms with Crippen molar-refractivity contribution in [1.82, 2.24) is 9.21 Å². The fourth-order valence-corrected chi connectivity index (χ4v) is 5.57. The van der Waals surface area contributed by atoms with Gasteiger partial charge in [-0.25, -0.2) is 8.42 Å². The van der Waals surface area contributed by atoms with Crippen molar-refractivity contribution in [2.45, 2.75) is 11.3 Å². The Balaban J connectivity index is 1.39. The Labute approximate surface area is 183 Å². The minimum absolute atomic E-state index is 0.00341. The van der Waals surface area contributed by atoms with Gasteiger partial charge in [0.2, 0.25) is 15.9 Å². The van der Waals surface area contributed by atoms with E-state index < -0.39 is 10.0 Å². The first-order valence-corrected chi connectivity index (χ1v) is 11.9. The molecule has 4 rings (SSSR count). The molecule has 0 radical (unpaired) electrons. The minimum atomic E-state index is -3.56. The summed E-state index contributed by atoms with van der Waals surface area (Å²) in [5, 5.41) is 0.618. The van der Waals surface area contributed by atoms with Crippen LogP contribution < -0.4 is 4.74 Å². The smallest absolute Gasteiger partial charge is 0.243 e. The van der Waals surface area contributed by atoms with Gasteiger partial charge in [0.05, 0.1) is 10.8 Å². The van der Waals surface area contributed by atoms with Gasteiger partial charge in [-0.3, -0.25) is 4.79 Å². The molecule has 1 atom stereocenters. The van der Waals surface area contributed by atoms with Gasteiger partial charge < -0.3 is 9.64 Å². The predicted octanol–water partition coefficient (Wildman–Crippen LogP) is 3.19. The van der Waals surface area contributed by atoms with Crippen molar-refractivity contribution >= 4 is 43.5 Å². The Bertz CT molecular complexity index is 1020. The van der Waals surface area contributed by atoms with Crippen LogP contribution in [0.4, 0.5) is 0 Å². The second-order valence-corrected chi connectivity index (χ2v) is 10.4. The quantitative estimate of drug-likeness (QED) is 0.651. The maximum absolute atomic E-state index is 13.0. The highest BCUT2D eigenvalue weighted by Gasteiger charge is 2.34. The highest BCUT2D eigenvalue weighted by Crippen LogP contribution is 2.31. The number of rotatable bonds is 3. The monoisotopic (exact) mass is 498 g/mol. The summed E-state index contributed by atoms with van der Waals surface area (Å²) in [5.41, 5.74) is 0.929. The van der Waals surface area contributed by atoms with E-state index in [9.17, 15) is 13.2 Å². The van der Waals surface area contributed by atoms with E-state index in [0.717, 1.165) is 15.8 Å². The van der Waals surface area contributed by atoms with E-state index in [1.165, 1.54) is 4.31 Å². The van der Waals surface area contributed by atoms with Gasteiger partial charge in [0, 0.05) is 35.7 Å². The SMILES string of the molecule is O=C([C@H]1COc2ccc(Cl)cc2C1)N1CCN(S(=O)(=O)c2ccc(Br)cc2)CC1. The molecular formula is C20H20BrClN2O4S. The molecule has 154 valence electrons. The Kier molecular flexibility index (Phi) is 5.88. The number of carbonyl (C=O) groups excluding carboxylic acids is 1. The van der Waals surface area contributed by atoms with Gasteiger partial charge >= 0.3 is 0 Å². The normalized spacial score (nSPS) is 20.1. The van der Waals surface area contributed by atoms with Crippen molar-refractivity contribution in [1.29, 1.82) is 0 Å². The molecule has 29 heavy (non-hydrogen) atoms. The lowest BCUT2D eigenvalue weighted by Gasteiger charge is -2.36. The zero-order valence-corrected chi connectivity index (χ0v) is 18.7. The summed E-state index contributed by atoms with van der Waals surface area (Å²) in [5.74, 6) is 0.482. The van der Waals surface area contributed by atoms with Crippen LogP contribution >= 0.6 is 27.5 Å². The summed E-state index contributed by atoms with van der Waals surface area (Å²) < 4.78 is 33.6. The first-order chi connectivity index (χ1) is 13.8. The topological polar surface area (TPSA) is 66.9 Å². The number of ether oxygens (including phenoxy) is 1. The summed E-state index contributed by atoms with van der Waals surface area (Å²) in [7, 11) is -3.56. The third-order valence-electron chi connectivity index (χ3n) is 5.28. The zero-order valence-electron chi connectivity index (χ0n) is 15.6. The Morgan fingerprint density at radius 1 is 1.07 bits per heavy atom. The summed E-state index contributed by atoms with van der Waals surface area (Å²) in [6, 6.07) is 12.0. The molecule has 0 saturated carbocycles. The van der Waals surface area contributed by atoms with Crippen molar-refractivity contribution in [3.8, 4) is 5.75 Å². The molecule has 0 aromatic heterocycles. The number of fused-ring (bicyclic) bond motifs is 1. The Morgan fingerprint density at radius 2 is 1.76 bits per heavy atom. The first-order valence-electron chi connectivity index (χ1n) is 9.30. The third kappa shape index (κ3) is 4.30. The van der Waals surface area contributed by atoms with Crippen molar-refractivity contribution in [3.05, 3.63) is 57.5 Å². The number of carbonyl (C=O) groups is 1. The molecule has 6 nitrogen and oxygen atoms in total. The number of hydrogen-bond acceptors (Lipinski definition) is 4. The average molecular weight is 500 g/mol. The number of halogens is 2. The maximum atomic E-state index is 13.0. The van der Waals surface area contributed by atoms with Gasteiger partial charge in [0.1, 0.15) is 12.4 Å². The molecule has 9 heteroatoms. The Hall–Kier alpha value is -1.61. The van der Waals surface area contributed by atoms with E-state index in [1.807, 2.05) is 12.1 Å². The molecule has 2 aromatic rings. The molecular weight excluding hydrogens is 480 g/mol. The van der Waals surface area contributed by atoms with Crippen LogP contribution in [0.5, 0.6) is 5.75 Å². The fourth-order valence-electron chi connectivity index (χ4n) is 3.68. The zero-order chi connectivity index (χ0) is 20.6. The number of nitrogens with zero attached hydrogens (tertiary/aromatic N) is 2. The molecule has 2 aliphatic rings. The molecule has 1 fully saturated rings.